The lowest BCUT2D eigenvalue weighted by atomic mass is 9.95. The maximum atomic E-state index is 12.2. The number of hydrogen-bond donors (Lipinski definition) is 2. The lowest BCUT2D eigenvalue weighted by Crippen LogP contribution is -2.46. The highest BCUT2D eigenvalue weighted by molar-refractivity contribution is 7.20. The van der Waals surface area contributed by atoms with Crippen molar-refractivity contribution in [2.24, 2.45) is 0 Å². The number of nitrogens with one attached hydrogen (secondary N) is 1. The maximum Gasteiger partial charge on any atom is 0.271 e. The van der Waals surface area contributed by atoms with Crippen LogP contribution in [0.25, 0.3) is 9.88 Å². The second-order valence-electron chi connectivity index (χ2n) is 4.86. The van der Waals surface area contributed by atoms with Gasteiger partial charge in [0.25, 0.3) is 5.91 Å². The summed E-state index contributed by atoms with van der Waals surface area (Å²) in [5, 5.41) is 16.7. The number of rotatable bonds is 6. The number of amides is 1. The van der Waals surface area contributed by atoms with Gasteiger partial charge in [-0.15, -0.1) is 22.7 Å². The first-order valence-electron chi connectivity index (χ1n) is 6.51. The monoisotopic (exact) mass is 310 g/mol. The van der Waals surface area contributed by atoms with Crippen molar-refractivity contribution in [1.82, 2.24) is 10.3 Å². The zero-order chi connectivity index (χ0) is 14.6. The lowest BCUT2D eigenvalue weighted by molar-refractivity contribution is 0.0882. The quantitative estimate of drug-likeness (QED) is 0.861. The standard InChI is InChI=1S/C14H18N2O2S2/c1-3-14(2,6-7-17)16-12(18)10-9-20-13(15-10)11-5-4-8-19-11/h4-5,8-9,17H,3,6-7H2,1-2H3,(H,16,18). The van der Waals surface area contributed by atoms with E-state index < -0.39 is 5.54 Å². The normalized spacial score (nSPS) is 13.9. The zero-order valence-corrected chi connectivity index (χ0v) is 13.2. The molecule has 2 heterocycles. The number of thiophene rings is 1. The Labute approximate surface area is 126 Å². The molecule has 6 heteroatoms. The van der Waals surface area contributed by atoms with Crippen LogP contribution in [-0.2, 0) is 0 Å². The van der Waals surface area contributed by atoms with Crippen LogP contribution in [0, 0.1) is 0 Å². The molecule has 0 saturated heterocycles. The molecule has 0 radical (unpaired) electrons. The first-order chi connectivity index (χ1) is 9.58. The van der Waals surface area contributed by atoms with Gasteiger partial charge in [0.15, 0.2) is 0 Å². The fourth-order valence-electron chi connectivity index (χ4n) is 1.80. The minimum Gasteiger partial charge on any atom is -0.396 e. The zero-order valence-electron chi connectivity index (χ0n) is 11.5. The summed E-state index contributed by atoms with van der Waals surface area (Å²) in [6.45, 7) is 3.99. The van der Waals surface area contributed by atoms with E-state index in [2.05, 4.69) is 10.3 Å². The summed E-state index contributed by atoms with van der Waals surface area (Å²) in [5.41, 5.74) is 0.0504. The van der Waals surface area contributed by atoms with E-state index in [1.807, 2.05) is 31.4 Å². The molecular weight excluding hydrogens is 292 g/mol. The van der Waals surface area contributed by atoms with Gasteiger partial charge in [0.1, 0.15) is 10.7 Å². The Morgan fingerprint density at radius 1 is 1.50 bits per heavy atom. The van der Waals surface area contributed by atoms with Gasteiger partial charge in [-0.2, -0.15) is 0 Å². The molecule has 4 nitrogen and oxygen atoms in total. The Bertz CT molecular complexity index is 566. The van der Waals surface area contributed by atoms with Crippen molar-refractivity contribution in [3.8, 4) is 9.88 Å². The van der Waals surface area contributed by atoms with Gasteiger partial charge in [0, 0.05) is 17.5 Å². The number of hydrogen-bond acceptors (Lipinski definition) is 5. The SMILES string of the molecule is CCC(C)(CCO)NC(=O)c1csc(-c2cccs2)n1. The molecule has 1 atom stereocenters. The van der Waals surface area contributed by atoms with Crippen molar-refractivity contribution < 1.29 is 9.90 Å². The van der Waals surface area contributed by atoms with E-state index in [4.69, 9.17) is 5.11 Å². The molecule has 20 heavy (non-hydrogen) atoms. The van der Waals surface area contributed by atoms with Gasteiger partial charge in [0.2, 0.25) is 0 Å². The molecule has 0 aliphatic carbocycles. The van der Waals surface area contributed by atoms with Crippen molar-refractivity contribution in [3.05, 3.63) is 28.6 Å². The molecule has 0 aromatic carbocycles. The van der Waals surface area contributed by atoms with Crippen molar-refractivity contribution >= 4 is 28.6 Å². The second kappa shape index (κ2) is 6.47. The lowest BCUT2D eigenvalue weighted by Gasteiger charge is -2.28. The molecule has 2 N–H and O–H groups in total. The van der Waals surface area contributed by atoms with E-state index in [0.717, 1.165) is 16.3 Å². The number of thiazole rings is 1. The summed E-state index contributed by atoms with van der Waals surface area (Å²) in [6.07, 6.45) is 1.30. The van der Waals surface area contributed by atoms with Gasteiger partial charge in [-0.05, 0) is 31.2 Å². The first-order valence-corrected chi connectivity index (χ1v) is 8.26. The third-order valence-corrected chi connectivity index (χ3v) is 5.21. The summed E-state index contributed by atoms with van der Waals surface area (Å²) < 4.78 is 0. The summed E-state index contributed by atoms with van der Waals surface area (Å²) in [6, 6.07) is 3.96. The minimum absolute atomic E-state index is 0.0577. The van der Waals surface area contributed by atoms with E-state index in [1.165, 1.54) is 11.3 Å². The van der Waals surface area contributed by atoms with Gasteiger partial charge in [0.05, 0.1) is 4.88 Å². The van der Waals surface area contributed by atoms with E-state index in [9.17, 15) is 4.79 Å². The molecule has 2 aromatic rings. The van der Waals surface area contributed by atoms with E-state index in [1.54, 1.807) is 16.7 Å². The molecule has 2 aromatic heterocycles. The number of aliphatic hydroxyl groups excluding tert-OH is 1. The Hall–Kier alpha value is -1.24. The molecule has 108 valence electrons. The van der Waals surface area contributed by atoms with Crippen LogP contribution in [-0.4, -0.2) is 28.1 Å². The molecule has 0 bridgehead atoms. The first kappa shape index (κ1) is 15.2. The molecule has 0 aliphatic rings. The molecule has 1 amide bonds. The second-order valence-corrected chi connectivity index (χ2v) is 6.66. The van der Waals surface area contributed by atoms with Crippen molar-refractivity contribution in [2.45, 2.75) is 32.2 Å². The third kappa shape index (κ3) is 3.45. The predicted octanol–water partition coefficient (Wildman–Crippen LogP) is 3.15. The molecule has 0 spiro atoms. The van der Waals surface area contributed by atoms with Crippen LogP contribution in [0.3, 0.4) is 0 Å². The molecule has 0 aliphatic heterocycles. The van der Waals surface area contributed by atoms with E-state index >= 15 is 0 Å². The topological polar surface area (TPSA) is 62.2 Å². The van der Waals surface area contributed by atoms with E-state index in [-0.39, 0.29) is 12.5 Å². The van der Waals surface area contributed by atoms with Crippen molar-refractivity contribution in [3.63, 3.8) is 0 Å². The van der Waals surface area contributed by atoms with Crippen LogP contribution in [0.4, 0.5) is 0 Å². The van der Waals surface area contributed by atoms with Gasteiger partial charge in [-0.1, -0.05) is 13.0 Å². The summed E-state index contributed by atoms with van der Waals surface area (Å²) in [7, 11) is 0. The number of aliphatic hydroxyl groups is 1. The predicted molar refractivity (Wildman–Crippen MR) is 83.3 cm³/mol. The number of aromatic nitrogens is 1. The van der Waals surface area contributed by atoms with Gasteiger partial charge < -0.3 is 10.4 Å². The van der Waals surface area contributed by atoms with Crippen LogP contribution < -0.4 is 5.32 Å². The maximum absolute atomic E-state index is 12.2. The third-order valence-electron chi connectivity index (χ3n) is 3.33. The van der Waals surface area contributed by atoms with Gasteiger partial charge in [-0.3, -0.25) is 4.79 Å². The largest absolute Gasteiger partial charge is 0.396 e. The highest BCUT2D eigenvalue weighted by Gasteiger charge is 2.25. The number of carbonyl (C=O) groups is 1. The van der Waals surface area contributed by atoms with Crippen LogP contribution >= 0.6 is 22.7 Å². The van der Waals surface area contributed by atoms with Gasteiger partial charge >= 0.3 is 0 Å². The van der Waals surface area contributed by atoms with Crippen molar-refractivity contribution in [1.29, 1.82) is 0 Å². The smallest absolute Gasteiger partial charge is 0.271 e. The van der Waals surface area contributed by atoms with Crippen LogP contribution in [0.15, 0.2) is 22.9 Å². The molecule has 1 unspecified atom stereocenters. The summed E-state index contributed by atoms with van der Waals surface area (Å²) in [4.78, 5) is 17.7. The Kier molecular flexibility index (Phi) is 4.91. The van der Waals surface area contributed by atoms with Crippen LogP contribution in [0.2, 0.25) is 0 Å². The number of nitrogens with zero attached hydrogens (tertiary/aromatic N) is 1. The minimum atomic E-state index is -0.390. The highest BCUT2D eigenvalue weighted by Crippen LogP contribution is 2.28. The van der Waals surface area contributed by atoms with Crippen molar-refractivity contribution in [2.75, 3.05) is 6.61 Å². The molecule has 0 saturated carbocycles. The van der Waals surface area contributed by atoms with Gasteiger partial charge in [-0.25, -0.2) is 4.98 Å². The molecule has 2 rings (SSSR count). The van der Waals surface area contributed by atoms with Crippen LogP contribution in [0.1, 0.15) is 37.2 Å². The summed E-state index contributed by atoms with van der Waals surface area (Å²) >= 11 is 3.08. The number of carbonyl (C=O) groups excluding carboxylic acids is 1. The average molecular weight is 310 g/mol. The van der Waals surface area contributed by atoms with E-state index in [0.29, 0.717) is 12.1 Å². The molecular formula is C14H18N2O2S2. The Morgan fingerprint density at radius 3 is 2.90 bits per heavy atom. The average Bonchev–Trinajstić information content (AvgIpc) is 3.09. The molecule has 0 fully saturated rings. The fourth-order valence-corrected chi connectivity index (χ4v) is 3.42. The Balaban J connectivity index is 2.10. The highest BCUT2D eigenvalue weighted by atomic mass is 32.1. The summed E-state index contributed by atoms with van der Waals surface area (Å²) in [5.74, 6) is -0.179. The Morgan fingerprint density at radius 2 is 2.30 bits per heavy atom. The van der Waals surface area contributed by atoms with Crippen LogP contribution in [0.5, 0.6) is 0 Å². The fraction of sp³-hybridized carbons (Fsp3) is 0.429.